The van der Waals surface area contributed by atoms with Crippen molar-refractivity contribution in [1.82, 2.24) is 19.5 Å². The highest BCUT2D eigenvalue weighted by molar-refractivity contribution is 7.21. The molecule has 1 aromatic carbocycles. The molecule has 5 rings (SSSR count). The van der Waals surface area contributed by atoms with Gasteiger partial charge in [0.05, 0.1) is 12.1 Å². The van der Waals surface area contributed by atoms with E-state index in [4.69, 9.17) is 15.5 Å². The molecule has 4 aromatic rings. The van der Waals surface area contributed by atoms with E-state index in [9.17, 15) is 5.11 Å². The number of nitrogens with two attached hydrogens (primary N) is 1. The molecule has 4 heterocycles. The van der Waals surface area contributed by atoms with Gasteiger partial charge in [0.15, 0.2) is 11.0 Å². The van der Waals surface area contributed by atoms with Gasteiger partial charge in [-0.2, -0.15) is 0 Å². The van der Waals surface area contributed by atoms with E-state index in [-0.39, 0.29) is 5.75 Å². The molecule has 0 radical (unpaired) electrons. The van der Waals surface area contributed by atoms with Gasteiger partial charge in [-0.15, -0.1) is 0 Å². The number of phenolic OH excluding ortho intramolecular Hbond substituents is 1. The first kappa shape index (κ1) is 14.5. The van der Waals surface area contributed by atoms with Gasteiger partial charge in [0.25, 0.3) is 0 Å². The summed E-state index contributed by atoms with van der Waals surface area (Å²) in [7, 11) is 0. The number of thiazole rings is 1. The Bertz CT molecular complexity index is 1120. The molecule has 126 valence electrons. The lowest BCUT2D eigenvalue weighted by atomic mass is 10.2. The fourth-order valence-electron chi connectivity index (χ4n) is 3.25. The third-order valence-corrected chi connectivity index (χ3v) is 5.12. The van der Waals surface area contributed by atoms with Crippen molar-refractivity contribution in [2.75, 3.05) is 12.3 Å². The second-order valence-corrected chi connectivity index (χ2v) is 7.04. The quantitative estimate of drug-likeness (QED) is 0.545. The number of nitrogens with zero attached hydrogens (tertiary/aromatic N) is 4. The molecule has 1 aliphatic heterocycles. The summed E-state index contributed by atoms with van der Waals surface area (Å²) < 4.78 is 7.97. The molecule has 25 heavy (non-hydrogen) atoms. The number of benzene rings is 1. The van der Waals surface area contributed by atoms with Crippen molar-refractivity contribution in [3.05, 3.63) is 24.3 Å². The SMILES string of the molecule is Nc1nc2ccc(-c3nc4cc(O)cc5c4n3CCCCO5)nc2s1. The minimum Gasteiger partial charge on any atom is -0.508 e. The minimum absolute atomic E-state index is 0.151. The average Bonchev–Trinajstić information content (AvgIpc) is 3.10. The predicted octanol–water partition coefficient (Wildman–Crippen LogP) is 3.17. The number of ether oxygens (including phenoxy) is 1. The van der Waals surface area contributed by atoms with Crippen LogP contribution in [0.1, 0.15) is 12.8 Å². The second-order valence-electron chi connectivity index (χ2n) is 6.03. The van der Waals surface area contributed by atoms with E-state index < -0.39 is 0 Å². The van der Waals surface area contributed by atoms with Crippen molar-refractivity contribution in [2.45, 2.75) is 19.4 Å². The summed E-state index contributed by atoms with van der Waals surface area (Å²) >= 11 is 1.36. The Kier molecular flexibility index (Phi) is 3.08. The lowest BCUT2D eigenvalue weighted by Gasteiger charge is -2.16. The van der Waals surface area contributed by atoms with Crippen molar-refractivity contribution < 1.29 is 9.84 Å². The van der Waals surface area contributed by atoms with Gasteiger partial charge >= 0.3 is 0 Å². The number of aryl methyl sites for hydroxylation is 1. The molecule has 0 atom stereocenters. The molecule has 3 aromatic heterocycles. The van der Waals surface area contributed by atoms with Gasteiger partial charge in [0, 0.05) is 18.7 Å². The summed E-state index contributed by atoms with van der Waals surface area (Å²) in [4.78, 5) is 14.5. The maximum absolute atomic E-state index is 9.98. The maximum atomic E-state index is 9.98. The monoisotopic (exact) mass is 353 g/mol. The first-order valence-corrected chi connectivity index (χ1v) is 8.90. The van der Waals surface area contributed by atoms with Crippen LogP contribution in [0.4, 0.5) is 5.13 Å². The Morgan fingerprint density at radius 2 is 2.04 bits per heavy atom. The Labute approximate surface area is 146 Å². The highest BCUT2D eigenvalue weighted by Crippen LogP contribution is 2.36. The lowest BCUT2D eigenvalue weighted by Crippen LogP contribution is -2.09. The largest absolute Gasteiger partial charge is 0.508 e. The predicted molar refractivity (Wildman–Crippen MR) is 96.9 cm³/mol. The standard InChI is InChI=1S/C17H15N5O2S/c18-17-21-11-4-3-10(20-16(11)25-17)15-19-12-7-9(23)8-13-14(12)22(15)5-1-2-6-24-13/h3-4,7-8,23H,1-2,5-6H2,(H2,18,21). The molecule has 3 N–H and O–H groups in total. The van der Waals surface area contributed by atoms with Crippen LogP contribution in [0.3, 0.4) is 0 Å². The van der Waals surface area contributed by atoms with Gasteiger partial charge in [-0.1, -0.05) is 11.3 Å². The number of anilines is 1. The van der Waals surface area contributed by atoms with Crippen LogP contribution < -0.4 is 10.5 Å². The van der Waals surface area contributed by atoms with Gasteiger partial charge in [0.1, 0.15) is 33.1 Å². The average molecular weight is 353 g/mol. The van der Waals surface area contributed by atoms with Crippen LogP contribution in [0.15, 0.2) is 24.3 Å². The number of aromatic hydroxyl groups is 1. The Morgan fingerprint density at radius 3 is 2.96 bits per heavy atom. The molecule has 0 saturated heterocycles. The van der Waals surface area contributed by atoms with Gasteiger partial charge in [-0.05, 0) is 25.0 Å². The van der Waals surface area contributed by atoms with Crippen LogP contribution in [0.2, 0.25) is 0 Å². The van der Waals surface area contributed by atoms with Crippen molar-refractivity contribution >= 4 is 37.8 Å². The maximum Gasteiger partial charge on any atom is 0.182 e. The molecule has 0 saturated carbocycles. The third kappa shape index (κ3) is 2.29. The second kappa shape index (κ2) is 5.32. The Morgan fingerprint density at radius 1 is 1.12 bits per heavy atom. The van der Waals surface area contributed by atoms with E-state index in [2.05, 4.69) is 14.5 Å². The number of hydrogen-bond donors (Lipinski definition) is 2. The van der Waals surface area contributed by atoms with Gasteiger partial charge < -0.3 is 20.1 Å². The van der Waals surface area contributed by atoms with Crippen LogP contribution in [0.25, 0.3) is 32.9 Å². The van der Waals surface area contributed by atoms with E-state index in [1.54, 1.807) is 12.1 Å². The van der Waals surface area contributed by atoms with Crippen LogP contribution >= 0.6 is 11.3 Å². The van der Waals surface area contributed by atoms with Crippen LogP contribution in [-0.2, 0) is 6.54 Å². The number of phenols is 1. The molecule has 0 bridgehead atoms. The molecular weight excluding hydrogens is 338 g/mol. The van der Waals surface area contributed by atoms with E-state index in [0.717, 1.165) is 46.8 Å². The highest BCUT2D eigenvalue weighted by atomic mass is 32.1. The van der Waals surface area contributed by atoms with Crippen molar-refractivity contribution in [1.29, 1.82) is 0 Å². The van der Waals surface area contributed by atoms with Gasteiger partial charge in [-0.25, -0.2) is 15.0 Å². The summed E-state index contributed by atoms with van der Waals surface area (Å²) in [6.45, 7) is 1.47. The molecule has 8 heteroatoms. The fourth-order valence-corrected chi connectivity index (χ4v) is 3.96. The summed E-state index contributed by atoms with van der Waals surface area (Å²) in [5.74, 6) is 1.58. The summed E-state index contributed by atoms with van der Waals surface area (Å²) in [6, 6.07) is 7.13. The van der Waals surface area contributed by atoms with E-state index >= 15 is 0 Å². The topological polar surface area (TPSA) is 99.1 Å². The highest BCUT2D eigenvalue weighted by Gasteiger charge is 2.20. The van der Waals surface area contributed by atoms with Crippen LogP contribution in [-0.4, -0.2) is 31.2 Å². The zero-order valence-electron chi connectivity index (χ0n) is 13.3. The third-order valence-electron chi connectivity index (χ3n) is 4.33. The molecular formula is C17H15N5O2S. The first-order valence-electron chi connectivity index (χ1n) is 8.08. The summed E-state index contributed by atoms with van der Waals surface area (Å²) in [5.41, 5.74) is 8.94. The van der Waals surface area contributed by atoms with Crippen LogP contribution in [0.5, 0.6) is 11.5 Å². The fraction of sp³-hybridized carbons (Fsp3) is 0.235. The van der Waals surface area contributed by atoms with Crippen molar-refractivity contribution in [3.8, 4) is 23.0 Å². The number of imidazole rings is 1. The number of rotatable bonds is 1. The van der Waals surface area contributed by atoms with Crippen molar-refractivity contribution in [2.24, 2.45) is 0 Å². The smallest absolute Gasteiger partial charge is 0.182 e. The zero-order valence-corrected chi connectivity index (χ0v) is 14.1. The molecule has 0 amide bonds. The molecule has 0 spiro atoms. The summed E-state index contributed by atoms with van der Waals surface area (Å²) in [5, 5.41) is 10.5. The van der Waals surface area contributed by atoms with Gasteiger partial charge in [-0.3, -0.25) is 0 Å². The number of pyridine rings is 1. The first-order chi connectivity index (χ1) is 12.2. The van der Waals surface area contributed by atoms with E-state index in [1.165, 1.54) is 11.3 Å². The number of nitrogen functional groups attached to an aromatic ring is 1. The zero-order chi connectivity index (χ0) is 17.0. The van der Waals surface area contributed by atoms with Gasteiger partial charge in [0.2, 0.25) is 0 Å². The Hall–Kier alpha value is -2.87. The molecule has 1 aliphatic rings. The van der Waals surface area contributed by atoms with E-state index in [1.807, 2.05) is 12.1 Å². The van der Waals surface area contributed by atoms with Crippen molar-refractivity contribution in [3.63, 3.8) is 0 Å². The number of hydrogen-bond acceptors (Lipinski definition) is 7. The molecule has 0 unspecified atom stereocenters. The normalized spacial score (nSPS) is 14.4. The molecule has 7 nitrogen and oxygen atoms in total. The molecule has 0 aliphatic carbocycles. The summed E-state index contributed by atoms with van der Waals surface area (Å²) in [6.07, 6.45) is 1.95. The van der Waals surface area contributed by atoms with Crippen LogP contribution in [0, 0.1) is 0 Å². The number of fused-ring (bicyclic) bond motifs is 1. The lowest BCUT2D eigenvalue weighted by molar-refractivity contribution is 0.298. The van der Waals surface area contributed by atoms with E-state index in [0.29, 0.717) is 23.0 Å². The molecule has 0 fully saturated rings. The minimum atomic E-state index is 0.151. The Balaban J connectivity index is 1.78. The number of aromatic nitrogens is 4.